The molecule has 3 rings (SSSR count). The number of carbonyl (C=O) groups is 1. The highest BCUT2D eigenvalue weighted by Crippen LogP contribution is 2.30. The van der Waals surface area contributed by atoms with E-state index in [2.05, 4.69) is 5.32 Å². The molecule has 2 aliphatic rings. The van der Waals surface area contributed by atoms with Gasteiger partial charge in [-0.1, -0.05) is 19.3 Å². The van der Waals surface area contributed by atoms with Crippen LogP contribution in [0, 0.1) is 6.92 Å². The normalized spacial score (nSPS) is 22.3. The maximum absolute atomic E-state index is 13.2. The van der Waals surface area contributed by atoms with E-state index in [1.807, 2.05) is 0 Å². The molecule has 0 bridgehead atoms. The molecule has 1 saturated heterocycles. The predicted molar refractivity (Wildman–Crippen MR) is 99.7 cm³/mol. The van der Waals surface area contributed by atoms with Crippen LogP contribution in [0.25, 0.3) is 0 Å². The summed E-state index contributed by atoms with van der Waals surface area (Å²) in [5.41, 5.74) is 0.627. The van der Waals surface area contributed by atoms with E-state index >= 15 is 0 Å². The number of hydrogen-bond acceptors (Lipinski definition) is 4. The van der Waals surface area contributed by atoms with E-state index in [-0.39, 0.29) is 16.8 Å². The Kier molecular flexibility index (Phi) is 5.87. The number of nitrogens with zero attached hydrogens (tertiary/aromatic N) is 1. The van der Waals surface area contributed by atoms with E-state index in [9.17, 15) is 13.2 Å². The summed E-state index contributed by atoms with van der Waals surface area (Å²) in [4.78, 5) is 13.0. The van der Waals surface area contributed by atoms with Crippen LogP contribution in [-0.4, -0.2) is 44.4 Å². The number of benzene rings is 1. The van der Waals surface area contributed by atoms with Gasteiger partial charge in [-0.2, -0.15) is 4.31 Å². The third-order valence-electron chi connectivity index (χ3n) is 5.43. The fourth-order valence-electron chi connectivity index (χ4n) is 4.00. The van der Waals surface area contributed by atoms with Gasteiger partial charge in [0.05, 0.1) is 12.0 Å². The van der Waals surface area contributed by atoms with E-state index in [1.54, 1.807) is 32.2 Å². The van der Waals surface area contributed by atoms with Crippen LogP contribution in [0.2, 0.25) is 0 Å². The first kappa shape index (κ1) is 19.2. The van der Waals surface area contributed by atoms with Crippen molar-refractivity contribution in [1.29, 1.82) is 0 Å². The topological polar surface area (TPSA) is 75.7 Å². The highest BCUT2D eigenvalue weighted by molar-refractivity contribution is 7.89. The summed E-state index contributed by atoms with van der Waals surface area (Å²) in [5.74, 6) is 0.471. The lowest BCUT2D eigenvalue weighted by Gasteiger charge is -2.28. The summed E-state index contributed by atoms with van der Waals surface area (Å²) in [6, 6.07) is 4.50. The number of hydrogen-bond donors (Lipinski definition) is 1. The summed E-state index contributed by atoms with van der Waals surface area (Å²) < 4.78 is 32.9. The van der Waals surface area contributed by atoms with Crippen molar-refractivity contribution in [3.05, 3.63) is 23.8 Å². The molecule has 1 aliphatic carbocycles. The third-order valence-corrected chi connectivity index (χ3v) is 7.50. The third kappa shape index (κ3) is 3.88. The summed E-state index contributed by atoms with van der Waals surface area (Å²) in [6.07, 6.45) is 6.73. The molecule has 0 radical (unpaired) electrons. The monoisotopic (exact) mass is 380 g/mol. The summed E-state index contributed by atoms with van der Waals surface area (Å²) in [5, 5.41) is 3.08. The molecule has 7 heteroatoms. The van der Waals surface area contributed by atoms with Crippen LogP contribution in [0.1, 0.15) is 50.5 Å². The Morgan fingerprint density at radius 3 is 2.54 bits per heavy atom. The minimum Gasteiger partial charge on any atom is -0.497 e. The van der Waals surface area contributed by atoms with Crippen molar-refractivity contribution >= 4 is 15.9 Å². The van der Waals surface area contributed by atoms with E-state index in [4.69, 9.17) is 4.74 Å². The lowest BCUT2D eigenvalue weighted by Crippen LogP contribution is -2.49. The minimum atomic E-state index is -3.71. The van der Waals surface area contributed by atoms with Gasteiger partial charge >= 0.3 is 0 Å². The van der Waals surface area contributed by atoms with Crippen molar-refractivity contribution in [1.82, 2.24) is 9.62 Å². The van der Waals surface area contributed by atoms with Crippen LogP contribution < -0.4 is 10.1 Å². The lowest BCUT2D eigenvalue weighted by molar-refractivity contribution is -0.125. The molecule has 1 atom stereocenters. The average Bonchev–Trinajstić information content (AvgIpc) is 3.13. The van der Waals surface area contributed by atoms with E-state index in [1.165, 1.54) is 10.7 Å². The first-order chi connectivity index (χ1) is 12.4. The number of methoxy groups -OCH3 is 1. The second-order valence-electron chi connectivity index (χ2n) is 7.25. The maximum atomic E-state index is 13.2. The van der Waals surface area contributed by atoms with E-state index in [0.717, 1.165) is 25.7 Å². The van der Waals surface area contributed by atoms with Gasteiger partial charge in [-0.15, -0.1) is 0 Å². The maximum Gasteiger partial charge on any atom is 0.244 e. The SMILES string of the molecule is COc1ccc(S(=O)(=O)N2CCC[C@@H]2C(=O)NC2CCCCC2)c(C)c1. The first-order valence-corrected chi connectivity index (χ1v) is 10.8. The second-order valence-corrected chi connectivity index (χ2v) is 9.11. The van der Waals surface area contributed by atoms with Gasteiger partial charge in [0.1, 0.15) is 11.8 Å². The fourth-order valence-corrected chi connectivity index (χ4v) is 5.86. The molecule has 1 N–H and O–H groups in total. The van der Waals surface area contributed by atoms with Gasteiger partial charge in [-0.25, -0.2) is 8.42 Å². The zero-order valence-corrected chi connectivity index (χ0v) is 16.3. The number of rotatable bonds is 5. The van der Waals surface area contributed by atoms with Crippen molar-refractivity contribution in [2.75, 3.05) is 13.7 Å². The van der Waals surface area contributed by atoms with Gasteiger partial charge in [0, 0.05) is 12.6 Å². The largest absolute Gasteiger partial charge is 0.497 e. The molecule has 0 aromatic heterocycles. The molecular formula is C19H28N2O4S. The van der Waals surface area contributed by atoms with Crippen molar-refractivity contribution < 1.29 is 17.9 Å². The minimum absolute atomic E-state index is 0.149. The van der Waals surface area contributed by atoms with E-state index in [0.29, 0.717) is 30.7 Å². The number of nitrogens with one attached hydrogen (secondary N) is 1. The number of ether oxygens (including phenoxy) is 1. The summed E-state index contributed by atoms with van der Waals surface area (Å²) in [7, 11) is -2.16. The predicted octanol–water partition coefficient (Wildman–Crippen LogP) is 2.61. The molecule has 0 spiro atoms. The molecule has 2 fully saturated rings. The molecule has 1 aromatic rings. The quantitative estimate of drug-likeness (QED) is 0.852. The average molecular weight is 381 g/mol. The number of amides is 1. The molecule has 1 aromatic carbocycles. The Morgan fingerprint density at radius 1 is 1.15 bits per heavy atom. The molecule has 1 amide bonds. The van der Waals surface area contributed by atoms with Crippen molar-refractivity contribution in [3.63, 3.8) is 0 Å². The van der Waals surface area contributed by atoms with Crippen molar-refractivity contribution in [3.8, 4) is 5.75 Å². The molecular weight excluding hydrogens is 352 g/mol. The zero-order chi connectivity index (χ0) is 18.7. The van der Waals surface area contributed by atoms with Gasteiger partial charge in [0.2, 0.25) is 15.9 Å². The second kappa shape index (κ2) is 7.96. The Bertz CT molecular complexity index is 757. The van der Waals surface area contributed by atoms with Crippen LogP contribution in [0.15, 0.2) is 23.1 Å². The van der Waals surface area contributed by atoms with Crippen LogP contribution >= 0.6 is 0 Å². The Labute approximate surface area is 156 Å². The zero-order valence-electron chi connectivity index (χ0n) is 15.5. The molecule has 1 aliphatic heterocycles. The fraction of sp³-hybridized carbons (Fsp3) is 0.632. The summed E-state index contributed by atoms with van der Waals surface area (Å²) >= 11 is 0. The Morgan fingerprint density at radius 2 is 1.88 bits per heavy atom. The number of carbonyl (C=O) groups excluding carboxylic acids is 1. The Hall–Kier alpha value is -1.60. The Balaban J connectivity index is 1.78. The van der Waals surface area contributed by atoms with Crippen molar-refractivity contribution in [2.45, 2.75) is 68.8 Å². The van der Waals surface area contributed by atoms with Gasteiger partial charge in [-0.05, 0) is 56.4 Å². The smallest absolute Gasteiger partial charge is 0.244 e. The molecule has 144 valence electrons. The van der Waals surface area contributed by atoms with Gasteiger partial charge in [-0.3, -0.25) is 4.79 Å². The van der Waals surface area contributed by atoms with Gasteiger partial charge < -0.3 is 10.1 Å². The van der Waals surface area contributed by atoms with Gasteiger partial charge in [0.25, 0.3) is 0 Å². The number of sulfonamides is 1. The molecule has 0 unspecified atom stereocenters. The lowest BCUT2D eigenvalue weighted by atomic mass is 9.95. The van der Waals surface area contributed by atoms with Crippen LogP contribution in [0.5, 0.6) is 5.75 Å². The van der Waals surface area contributed by atoms with Crippen LogP contribution in [-0.2, 0) is 14.8 Å². The summed E-state index contributed by atoms with van der Waals surface area (Å²) in [6.45, 7) is 2.14. The number of aryl methyl sites for hydroxylation is 1. The van der Waals surface area contributed by atoms with E-state index < -0.39 is 16.1 Å². The highest BCUT2D eigenvalue weighted by atomic mass is 32.2. The first-order valence-electron chi connectivity index (χ1n) is 9.40. The van der Waals surface area contributed by atoms with Gasteiger partial charge in [0.15, 0.2) is 0 Å². The molecule has 6 nitrogen and oxygen atoms in total. The highest BCUT2D eigenvalue weighted by Gasteiger charge is 2.40. The molecule has 1 heterocycles. The standard InChI is InChI=1S/C19H28N2O4S/c1-14-13-16(25-2)10-11-18(14)26(23,24)21-12-6-9-17(21)19(22)20-15-7-4-3-5-8-15/h10-11,13,15,17H,3-9,12H2,1-2H3,(H,20,22)/t17-/m1/s1. The van der Waals surface area contributed by atoms with Crippen molar-refractivity contribution in [2.24, 2.45) is 0 Å². The van der Waals surface area contributed by atoms with Crippen LogP contribution in [0.4, 0.5) is 0 Å². The molecule has 1 saturated carbocycles. The van der Waals surface area contributed by atoms with Crippen LogP contribution in [0.3, 0.4) is 0 Å². The molecule has 26 heavy (non-hydrogen) atoms.